The monoisotopic (exact) mass is 415 g/mol. The van der Waals surface area contributed by atoms with E-state index < -0.39 is 18.0 Å². The van der Waals surface area contributed by atoms with Crippen molar-refractivity contribution in [2.24, 2.45) is 23.2 Å². The van der Waals surface area contributed by atoms with E-state index >= 15 is 0 Å². The summed E-state index contributed by atoms with van der Waals surface area (Å²) >= 11 is 0. The van der Waals surface area contributed by atoms with E-state index in [0.29, 0.717) is 45.1 Å². The van der Waals surface area contributed by atoms with E-state index in [0.717, 1.165) is 0 Å². The summed E-state index contributed by atoms with van der Waals surface area (Å²) in [4.78, 5) is 37.5. The number of amides is 3. The van der Waals surface area contributed by atoms with Gasteiger partial charge in [0.15, 0.2) is 0 Å². The molecule has 0 aromatic heterocycles. The maximum atomic E-state index is 12.9. The molecule has 1 aliphatic heterocycles. The highest BCUT2D eigenvalue weighted by Crippen LogP contribution is 2.29. The molecule has 1 aliphatic carbocycles. The summed E-state index contributed by atoms with van der Waals surface area (Å²) in [5.74, 6) is -1.11. The Bertz CT molecular complexity index is 723. The zero-order valence-electron chi connectivity index (χ0n) is 18.2. The minimum Gasteiger partial charge on any atom is -0.356 e. The third-order valence-corrected chi connectivity index (χ3v) is 5.89. The second kappa shape index (κ2) is 10.4. The molecule has 2 rings (SSSR count). The lowest BCUT2D eigenvalue weighted by Crippen LogP contribution is -2.52. The van der Waals surface area contributed by atoms with Crippen molar-refractivity contribution in [2.75, 3.05) is 6.54 Å². The molecule has 30 heavy (non-hydrogen) atoms. The van der Waals surface area contributed by atoms with Gasteiger partial charge in [-0.25, -0.2) is 0 Å². The first-order chi connectivity index (χ1) is 14.1. The quantitative estimate of drug-likeness (QED) is 0.582. The highest BCUT2D eigenvalue weighted by Gasteiger charge is 2.33. The maximum Gasteiger partial charge on any atom is 0.243 e. The Kier molecular flexibility index (Phi) is 8.23. The smallest absolute Gasteiger partial charge is 0.243 e. The van der Waals surface area contributed by atoms with Crippen molar-refractivity contribution in [1.82, 2.24) is 16.0 Å². The molecule has 0 bridgehead atoms. The Labute approximate surface area is 178 Å². The molecule has 3 amide bonds. The van der Waals surface area contributed by atoms with Crippen LogP contribution >= 0.6 is 0 Å². The van der Waals surface area contributed by atoms with Gasteiger partial charge in [0.1, 0.15) is 12.1 Å². The summed E-state index contributed by atoms with van der Waals surface area (Å²) in [7, 11) is 0. The number of hydrogen-bond acceptors (Lipinski definition) is 5. The van der Waals surface area contributed by atoms with Crippen LogP contribution in [-0.2, 0) is 14.4 Å². The molecule has 8 nitrogen and oxygen atoms in total. The number of nitrogens with zero attached hydrogens (tertiary/aromatic N) is 2. The number of nitrogens with one attached hydrogen (secondary N) is 3. The molecule has 0 aromatic rings. The van der Waals surface area contributed by atoms with E-state index in [1.54, 1.807) is 0 Å². The first kappa shape index (κ1) is 23.7. The normalized spacial score (nSPS) is 25.9. The van der Waals surface area contributed by atoms with Crippen LogP contribution in [-0.4, -0.2) is 36.3 Å². The van der Waals surface area contributed by atoms with Crippen LogP contribution in [0.25, 0.3) is 0 Å². The van der Waals surface area contributed by atoms with E-state index in [1.807, 2.05) is 20.8 Å². The second-order valence-electron chi connectivity index (χ2n) is 9.71. The number of carbonyl (C=O) groups excluding carboxylic acids is 3. The van der Waals surface area contributed by atoms with Crippen molar-refractivity contribution in [1.29, 1.82) is 10.5 Å². The van der Waals surface area contributed by atoms with E-state index in [4.69, 9.17) is 5.26 Å². The summed E-state index contributed by atoms with van der Waals surface area (Å²) in [6, 6.07) is 2.80. The average Bonchev–Trinajstić information content (AvgIpc) is 3.10. The van der Waals surface area contributed by atoms with Gasteiger partial charge in [0.05, 0.1) is 12.1 Å². The average molecular weight is 416 g/mol. The van der Waals surface area contributed by atoms with Crippen LogP contribution in [0.1, 0.15) is 65.7 Å². The van der Waals surface area contributed by atoms with Crippen LogP contribution in [0, 0.1) is 45.8 Å². The zero-order chi connectivity index (χ0) is 22.3. The first-order valence-corrected chi connectivity index (χ1v) is 10.8. The summed E-state index contributed by atoms with van der Waals surface area (Å²) in [5, 5.41) is 26.8. The lowest BCUT2D eigenvalue weighted by atomic mass is 9.81. The standard InChI is InChI=1S/C22H33N5O3/c1-22(2,3)11-18(27-20(29)15-6-4-14(12-23)5-7-15)21(30)26-17(13-24)10-16-8-9-25-19(16)28/h14-18H,4-11H2,1-3H3,(H,25,28)(H,26,30)(H,27,29)/t14?,15?,16-,17-,18-/m0/s1. The van der Waals surface area contributed by atoms with E-state index in [1.165, 1.54) is 0 Å². The van der Waals surface area contributed by atoms with Gasteiger partial charge in [-0.1, -0.05) is 20.8 Å². The molecule has 1 saturated heterocycles. The van der Waals surface area contributed by atoms with Gasteiger partial charge in [-0.15, -0.1) is 0 Å². The third kappa shape index (κ3) is 7.02. The largest absolute Gasteiger partial charge is 0.356 e. The zero-order valence-corrected chi connectivity index (χ0v) is 18.2. The number of carbonyl (C=O) groups is 3. The van der Waals surface area contributed by atoms with Crippen molar-refractivity contribution in [3.63, 3.8) is 0 Å². The Hall–Kier alpha value is -2.61. The minimum atomic E-state index is -0.781. The lowest BCUT2D eigenvalue weighted by molar-refractivity contribution is -0.132. The topological polar surface area (TPSA) is 135 Å². The highest BCUT2D eigenvalue weighted by atomic mass is 16.2. The van der Waals surface area contributed by atoms with Crippen molar-refractivity contribution in [3.8, 4) is 12.1 Å². The van der Waals surface area contributed by atoms with Crippen molar-refractivity contribution < 1.29 is 14.4 Å². The third-order valence-electron chi connectivity index (χ3n) is 5.89. The van der Waals surface area contributed by atoms with Gasteiger partial charge < -0.3 is 16.0 Å². The van der Waals surface area contributed by atoms with Crippen LogP contribution < -0.4 is 16.0 Å². The second-order valence-corrected chi connectivity index (χ2v) is 9.71. The molecule has 1 saturated carbocycles. The van der Waals surface area contributed by atoms with E-state index in [2.05, 4.69) is 28.1 Å². The van der Waals surface area contributed by atoms with Crippen LogP contribution in [0.2, 0.25) is 0 Å². The number of hydrogen-bond donors (Lipinski definition) is 3. The van der Waals surface area contributed by atoms with Gasteiger partial charge in [-0.05, 0) is 50.4 Å². The Morgan fingerprint density at radius 1 is 1.13 bits per heavy atom. The molecule has 1 heterocycles. The van der Waals surface area contributed by atoms with Gasteiger partial charge in [0.25, 0.3) is 0 Å². The molecular weight excluding hydrogens is 382 g/mol. The fourth-order valence-corrected chi connectivity index (χ4v) is 4.17. The van der Waals surface area contributed by atoms with Crippen LogP contribution in [0.3, 0.4) is 0 Å². The van der Waals surface area contributed by atoms with Crippen molar-refractivity contribution >= 4 is 17.7 Å². The van der Waals surface area contributed by atoms with Gasteiger partial charge in [0.2, 0.25) is 17.7 Å². The molecule has 0 aromatic carbocycles. The first-order valence-electron chi connectivity index (χ1n) is 10.8. The molecule has 8 heteroatoms. The summed E-state index contributed by atoms with van der Waals surface area (Å²) in [5.41, 5.74) is -0.207. The summed E-state index contributed by atoms with van der Waals surface area (Å²) < 4.78 is 0. The van der Waals surface area contributed by atoms with Crippen molar-refractivity contribution in [2.45, 2.75) is 77.8 Å². The number of nitriles is 2. The molecular formula is C22H33N5O3. The molecule has 2 fully saturated rings. The van der Waals surface area contributed by atoms with Crippen LogP contribution in [0.5, 0.6) is 0 Å². The fraction of sp³-hybridized carbons (Fsp3) is 0.773. The fourth-order valence-electron chi connectivity index (χ4n) is 4.17. The molecule has 3 N–H and O–H groups in total. The maximum absolute atomic E-state index is 12.9. The van der Waals surface area contributed by atoms with Gasteiger partial charge >= 0.3 is 0 Å². The predicted octanol–water partition coefficient (Wildman–Crippen LogP) is 1.77. The minimum absolute atomic E-state index is 0.00638. The van der Waals surface area contributed by atoms with Gasteiger partial charge in [0, 0.05) is 24.3 Å². The summed E-state index contributed by atoms with van der Waals surface area (Å²) in [6.07, 6.45) is 4.04. The van der Waals surface area contributed by atoms with E-state index in [9.17, 15) is 19.6 Å². The number of rotatable bonds is 7. The van der Waals surface area contributed by atoms with Crippen LogP contribution in [0.4, 0.5) is 0 Å². The highest BCUT2D eigenvalue weighted by molar-refractivity contribution is 5.89. The molecule has 2 aliphatic rings. The van der Waals surface area contributed by atoms with Crippen molar-refractivity contribution in [3.05, 3.63) is 0 Å². The molecule has 3 atom stereocenters. The molecule has 0 radical (unpaired) electrons. The molecule has 0 unspecified atom stereocenters. The van der Waals surface area contributed by atoms with Gasteiger partial charge in [-0.2, -0.15) is 10.5 Å². The lowest BCUT2D eigenvalue weighted by Gasteiger charge is -2.30. The Morgan fingerprint density at radius 2 is 1.80 bits per heavy atom. The van der Waals surface area contributed by atoms with E-state index in [-0.39, 0.29) is 41.4 Å². The SMILES string of the molecule is CC(C)(C)C[C@H](NC(=O)C1CCC(C#N)CC1)C(=O)N[C@H](C#N)C[C@@H]1CCNC1=O. The molecule has 164 valence electrons. The summed E-state index contributed by atoms with van der Waals surface area (Å²) in [6.45, 7) is 6.55. The predicted molar refractivity (Wildman–Crippen MR) is 110 cm³/mol. The Morgan fingerprint density at radius 3 is 2.30 bits per heavy atom. The molecule has 0 spiro atoms. The van der Waals surface area contributed by atoms with Gasteiger partial charge in [-0.3, -0.25) is 14.4 Å². The Balaban J connectivity index is 1.99. The van der Waals surface area contributed by atoms with Crippen LogP contribution in [0.15, 0.2) is 0 Å².